The minimum absolute atomic E-state index is 0.348. The van der Waals surface area contributed by atoms with Gasteiger partial charge in [0.05, 0.1) is 18.2 Å². The van der Waals surface area contributed by atoms with E-state index in [0.29, 0.717) is 29.2 Å². The molecule has 10 heteroatoms. The number of hydrogen-bond acceptors (Lipinski definition) is 6. The van der Waals surface area contributed by atoms with Crippen molar-refractivity contribution in [2.45, 2.75) is 19.6 Å². The van der Waals surface area contributed by atoms with Gasteiger partial charge in [0.1, 0.15) is 11.8 Å². The number of anilines is 1. The lowest BCUT2D eigenvalue weighted by Crippen LogP contribution is -2.44. The van der Waals surface area contributed by atoms with E-state index in [1.165, 1.54) is 6.07 Å². The van der Waals surface area contributed by atoms with E-state index >= 15 is 0 Å². The molecule has 0 aliphatic carbocycles. The highest BCUT2D eigenvalue weighted by atomic mass is 19.4. The number of aromatic nitrogens is 2. The van der Waals surface area contributed by atoms with Gasteiger partial charge in [0.15, 0.2) is 0 Å². The number of aromatic amines is 1. The van der Waals surface area contributed by atoms with Crippen molar-refractivity contribution in [1.82, 2.24) is 19.8 Å². The smallest absolute Gasteiger partial charge is 0.416 e. The molecule has 0 atom stereocenters. The Morgan fingerprint density at radius 2 is 1.81 bits per heavy atom. The van der Waals surface area contributed by atoms with Crippen molar-refractivity contribution in [3.05, 3.63) is 88.2 Å². The summed E-state index contributed by atoms with van der Waals surface area (Å²) in [5.74, 6) is 6.80. The van der Waals surface area contributed by atoms with Gasteiger partial charge in [-0.15, -0.1) is 0 Å². The molecular formula is C32H34F3N5O2. The molecule has 1 fully saturated rings. The molecule has 1 aliphatic heterocycles. The molecule has 2 N–H and O–H groups in total. The number of carbonyl (C=O) groups is 1. The molecule has 3 heterocycles. The molecule has 1 aliphatic rings. The van der Waals surface area contributed by atoms with Crippen molar-refractivity contribution in [1.29, 1.82) is 0 Å². The third-order valence-electron chi connectivity index (χ3n) is 7.18. The Morgan fingerprint density at radius 1 is 1.07 bits per heavy atom. The van der Waals surface area contributed by atoms with Crippen LogP contribution in [0, 0.1) is 18.8 Å². The van der Waals surface area contributed by atoms with Gasteiger partial charge in [0.25, 0.3) is 0 Å². The van der Waals surface area contributed by atoms with E-state index in [9.17, 15) is 18.0 Å². The zero-order chi connectivity index (χ0) is 30.3. The van der Waals surface area contributed by atoms with Crippen LogP contribution in [0.3, 0.4) is 0 Å². The summed E-state index contributed by atoms with van der Waals surface area (Å²) < 4.78 is 44.6. The summed E-state index contributed by atoms with van der Waals surface area (Å²) in [7, 11) is 5.23. The van der Waals surface area contributed by atoms with Gasteiger partial charge in [-0.1, -0.05) is 30.0 Å². The van der Waals surface area contributed by atoms with Gasteiger partial charge in [-0.3, -0.25) is 9.69 Å². The summed E-state index contributed by atoms with van der Waals surface area (Å²) >= 11 is 0. The Bertz CT molecular complexity index is 1600. The number of H-pyrrole nitrogens is 1. The van der Waals surface area contributed by atoms with E-state index < -0.39 is 11.7 Å². The maximum atomic E-state index is 13.1. The average molecular weight is 578 g/mol. The monoisotopic (exact) mass is 577 g/mol. The van der Waals surface area contributed by atoms with Crippen molar-refractivity contribution in [3.8, 4) is 17.7 Å². The number of nitrogens with one attached hydrogen (secondary N) is 2. The maximum absolute atomic E-state index is 13.1. The molecular weight excluding hydrogens is 543 g/mol. The Hall–Kier alpha value is -4.33. The number of halogens is 3. The first-order chi connectivity index (χ1) is 20.1. The second kappa shape index (κ2) is 13.6. The number of alkyl halides is 3. The van der Waals surface area contributed by atoms with Crippen LogP contribution in [0.15, 0.2) is 54.9 Å². The fourth-order valence-corrected chi connectivity index (χ4v) is 4.65. The third kappa shape index (κ3) is 7.49. The van der Waals surface area contributed by atoms with Crippen LogP contribution in [0.4, 0.5) is 18.9 Å². The maximum Gasteiger partial charge on any atom is 0.416 e. The number of fused-ring (bicyclic) bond motifs is 1. The van der Waals surface area contributed by atoms with Crippen molar-refractivity contribution >= 4 is 22.9 Å². The van der Waals surface area contributed by atoms with Crippen molar-refractivity contribution in [2.24, 2.45) is 0 Å². The fraction of sp³-hybridized carbons (Fsp3) is 0.312. The first kappa shape index (κ1) is 30.6. The number of pyridine rings is 1. The third-order valence-corrected chi connectivity index (χ3v) is 7.18. The van der Waals surface area contributed by atoms with Crippen molar-refractivity contribution < 1.29 is 22.7 Å². The number of rotatable bonds is 5. The minimum atomic E-state index is -4.31. The summed E-state index contributed by atoms with van der Waals surface area (Å²) in [6, 6.07) is 11.9. The van der Waals surface area contributed by atoms with Gasteiger partial charge in [-0.05, 0) is 49.4 Å². The van der Waals surface area contributed by atoms with Crippen LogP contribution in [0.5, 0.6) is 5.88 Å². The number of nitrogens with zero attached hydrogens (tertiary/aromatic N) is 3. The topological polar surface area (TPSA) is 73.5 Å². The molecule has 5 rings (SSSR count). The van der Waals surface area contributed by atoms with Crippen LogP contribution in [-0.2, 0) is 12.7 Å². The second-order valence-corrected chi connectivity index (χ2v) is 10.1. The molecule has 0 radical (unpaired) electrons. The summed E-state index contributed by atoms with van der Waals surface area (Å²) in [5, 5.41) is 3.72. The van der Waals surface area contributed by atoms with Gasteiger partial charge in [-0.2, -0.15) is 13.2 Å². The van der Waals surface area contributed by atoms with Gasteiger partial charge >= 0.3 is 6.18 Å². The van der Waals surface area contributed by atoms with E-state index in [0.717, 1.165) is 60.1 Å². The lowest BCUT2D eigenvalue weighted by Gasteiger charge is -2.33. The predicted octanol–water partition coefficient (Wildman–Crippen LogP) is 5.59. The quantitative estimate of drug-likeness (QED) is 0.238. The highest BCUT2D eigenvalue weighted by molar-refractivity contribution is 5.89. The van der Waals surface area contributed by atoms with Gasteiger partial charge < -0.3 is 19.9 Å². The lowest BCUT2D eigenvalue weighted by atomic mass is 10.0. The number of ether oxygens (including phenoxy) is 1. The summed E-state index contributed by atoms with van der Waals surface area (Å²) in [6.45, 7) is 5.73. The largest absolute Gasteiger partial charge is 0.479 e. The van der Waals surface area contributed by atoms with E-state index in [2.05, 4.69) is 36.9 Å². The number of methoxy groups -OCH3 is 1. The zero-order valence-electron chi connectivity index (χ0n) is 24.1. The number of piperazine rings is 1. The average Bonchev–Trinajstić information content (AvgIpc) is 3.48. The predicted molar refractivity (Wildman–Crippen MR) is 159 cm³/mol. The van der Waals surface area contributed by atoms with E-state index in [4.69, 9.17) is 4.74 Å². The number of aldehydes is 1. The number of likely N-dealkylation sites (N-methyl/N-ethyl adjacent to an activating group) is 1. The lowest BCUT2D eigenvalue weighted by molar-refractivity contribution is -0.138. The molecule has 0 bridgehead atoms. The Balaban J connectivity index is 0.000000194. The Kier molecular flexibility index (Phi) is 9.88. The molecule has 0 unspecified atom stereocenters. The number of hydrogen-bond donors (Lipinski definition) is 2. The summed E-state index contributed by atoms with van der Waals surface area (Å²) in [5.41, 5.74) is 4.42. The van der Waals surface area contributed by atoms with Crippen LogP contribution in [-0.4, -0.2) is 73.4 Å². The molecule has 220 valence electrons. The fourth-order valence-electron chi connectivity index (χ4n) is 4.65. The molecule has 0 amide bonds. The van der Waals surface area contributed by atoms with Crippen LogP contribution < -0.4 is 10.1 Å². The molecule has 2 aromatic carbocycles. The SMILES string of the molecule is CNc1ccc(CN2CCN(C)CC2)c(C(F)(F)F)c1.COc1ncc(C#Cc2cc(C=O)ccc2C)c2cc[nH]c12. The molecule has 7 nitrogen and oxygen atoms in total. The first-order valence-corrected chi connectivity index (χ1v) is 13.5. The van der Waals surface area contributed by atoms with Crippen LogP contribution >= 0.6 is 0 Å². The van der Waals surface area contributed by atoms with E-state index in [1.807, 2.05) is 32.3 Å². The molecule has 42 heavy (non-hydrogen) atoms. The highest BCUT2D eigenvalue weighted by Gasteiger charge is 2.34. The second-order valence-electron chi connectivity index (χ2n) is 10.1. The Labute approximate surface area is 243 Å². The highest BCUT2D eigenvalue weighted by Crippen LogP contribution is 2.34. The molecule has 4 aromatic rings. The van der Waals surface area contributed by atoms with Gasteiger partial charge in [0, 0.05) is 74.4 Å². The van der Waals surface area contributed by atoms with Crippen LogP contribution in [0.25, 0.3) is 10.9 Å². The van der Waals surface area contributed by atoms with Crippen molar-refractivity contribution in [2.75, 3.05) is 52.7 Å². The number of aryl methyl sites for hydroxylation is 1. The number of carbonyl (C=O) groups excluding carboxylic acids is 1. The molecule has 2 aromatic heterocycles. The normalized spacial score (nSPS) is 14.0. The summed E-state index contributed by atoms with van der Waals surface area (Å²) in [4.78, 5) is 22.5. The van der Waals surface area contributed by atoms with Gasteiger partial charge in [-0.25, -0.2) is 4.98 Å². The minimum Gasteiger partial charge on any atom is -0.479 e. The zero-order valence-corrected chi connectivity index (χ0v) is 24.1. The molecule has 0 spiro atoms. The van der Waals surface area contributed by atoms with Crippen LogP contribution in [0.2, 0.25) is 0 Å². The standard InChI is InChI=1S/C18H14N2O2.C14H20F3N3/c1-12-3-4-13(11-21)9-14(12)5-6-15-10-20-18(22-2)17-16(15)7-8-19-17;1-18-12-4-3-11(13(9-12)14(15,16)17)10-20-7-5-19(2)6-8-20/h3-4,7-11,19H,1-2H3;3-4,9,18H,5-8,10H2,1-2H3. The van der Waals surface area contributed by atoms with Gasteiger partial charge in [0.2, 0.25) is 5.88 Å². The molecule has 1 saturated heterocycles. The molecule has 0 saturated carbocycles. The van der Waals surface area contributed by atoms with E-state index in [1.54, 1.807) is 44.6 Å². The summed E-state index contributed by atoms with van der Waals surface area (Å²) in [6.07, 6.45) is 0.0396. The Morgan fingerprint density at radius 3 is 2.48 bits per heavy atom. The van der Waals surface area contributed by atoms with Crippen LogP contribution in [0.1, 0.15) is 38.2 Å². The number of benzene rings is 2. The van der Waals surface area contributed by atoms with Crippen molar-refractivity contribution in [3.63, 3.8) is 0 Å². The first-order valence-electron chi connectivity index (χ1n) is 13.5. The van der Waals surface area contributed by atoms with E-state index in [-0.39, 0.29) is 0 Å².